The second-order valence-electron chi connectivity index (χ2n) is 3.84. The first-order valence-electron chi connectivity index (χ1n) is 5.30. The van der Waals surface area contributed by atoms with Crippen molar-refractivity contribution in [2.24, 2.45) is 0 Å². The maximum Gasteiger partial charge on any atom is 0.143 e. The second-order valence-corrected chi connectivity index (χ2v) is 5.46. The van der Waals surface area contributed by atoms with Crippen LogP contribution in [0, 0.1) is 0 Å². The number of methoxy groups -OCH3 is 1. The van der Waals surface area contributed by atoms with Gasteiger partial charge in [0.2, 0.25) is 0 Å². The summed E-state index contributed by atoms with van der Waals surface area (Å²) in [6.07, 6.45) is 1.89. The third-order valence-electron chi connectivity index (χ3n) is 2.26. The molecular formula is C13H15NOS. The van der Waals surface area contributed by atoms with Gasteiger partial charge in [-0.1, -0.05) is 26.0 Å². The summed E-state index contributed by atoms with van der Waals surface area (Å²) < 4.78 is 5.50. The van der Waals surface area contributed by atoms with E-state index in [2.05, 4.69) is 18.8 Å². The number of rotatable bonds is 3. The topological polar surface area (TPSA) is 22.1 Å². The number of nitrogens with zero attached hydrogens (tertiary/aromatic N) is 1. The first kappa shape index (κ1) is 11.3. The Balaban J connectivity index is 2.58. The van der Waals surface area contributed by atoms with Crippen molar-refractivity contribution < 1.29 is 4.74 Å². The standard InChI is InChI=1S/C13H15NOS/c1-9(2)16-12-8-14-11-7-5-4-6-10(11)13(12)15-3/h4-9H,1-3H3. The number of fused-ring (bicyclic) bond motifs is 1. The van der Waals surface area contributed by atoms with Gasteiger partial charge in [0.05, 0.1) is 17.5 Å². The summed E-state index contributed by atoms with van der Waals surface area (Å²) in [5.41, 5.74) is 0.979. The molecule has 0 saturated heterocycles. The number of ether oxygens (including phenoxy) is 1. The average molecular weight is 233 g/mol. The molecule has 2 aromatic rings. The Hall–Kier alpha value is -1.22. The van der Waals surface area contributed by atoms with Crippen molar-refractivity contribution in [3.63, 3.8) is 0 Å². The van der Waals surface area contributed by atoms with Crippen LogP contribution < -0.4 is 4.74 Å². The van der Waals surface area contributed by atoms with E-state index in [-0.39, 0.29) is 0 Å². The van der Waals surface area contributed by atoms with Crippen LogP contribution in [0.15, 0.2) is 35.4 Å². The highest BCUT2D eigenvalue weighted by Gasteiger charge is 2.10. The fourth-order valence-electron chi connectivity index (χ4n) is 1.65. The van der Waals surface area contributed by atoms with Crippen LogP contribution in [-0.2, 0) is 0 Å². The van der Waals surface area contributed by atoms with E-state index < -0.39 is 0 Å². The van der Waals surface area contributed by atoms with Gasteiger partial charge in [0.25, 0.3) is 0 Å². The summed E-state index contributed by atoms with van der Waals surface area (Å²) in [5, 5.41) is 1.60. The number of pyridine rings is 1. The Bertz CT molecular complexity index is 496. The van der Waals surface area contributed by atoms with Crippen molar-refractivity contribution in [2.45, 2.75) is 24.0 Å². The molecule has 0 amide bonds. The lowest BCUT2D eigenvalue weighted by Gasteiger charge is -2.12. The van der Waals surface area contributed by atoms with Gasteiger partial charge in [-0.2, -0.15) is 0 Å². The van der Waals surface area contributed by atoms with Gasteiger partial charge in [-0.05, 0) is 12.1 Å². The van der Waals surface area contributed by atoms with Gasteiger partial charge < -0.3 is 4.74 Å². The number of aromatic nitrogens is 1. The number of thioether (sulfide) groups is 1. The molecule has 0 aliphatic rings. The lowest BCUT2D eigenvalue weighted by atomic mass is 10.2. The van der Waals surface area contributed by atoms with Crippen LogP contribution in [0.25, 0.3) is 10.9 Å². The van der Waals surface area contributed by atoms with Crippen LogP contribution in [0.5, 0.6) is 5.75 Å². The molecule has 0 aliphatic heterocycles. The predicted molar refractivity (Wildman–Crippen MR) is 69.3 cm³/mol. The highest BCUT2D eigenvalue weighted by molar-refractivity contribution is 8.00. The van der Waals surface area contributed by atoms with E-state index in [1.54, 1.807) is 18.9 Å². The quantitative estimate of drug-likeness (QED) is 0.754. The van der Waals surface area contributed by atoms with Crippen molar-refractivity contribution in [2.75, 3.05) is 7.11 Å². The minimum Gasteiger partial charge on any atom is -0.495 e. The molecule has 0 N–H and O–H groups in total. The number of hydrogen-bond donors (Lipinski definition) is 0. The van der Waals surface area contributed by atoms with Crippen molar-refractivity contribution in [1.82, 2.24) is 4.98 Å². The highest BCUT2D eigenvalue weighted by Crippen LogP contribution is 2.36. The van der Waals surface area contributed by atoms with E-state index in [9.17, 15) is 0 Å². The van der Waals surface area contributed by atoms with Crippen LogP contribution in [0.2, 0.25) is 0 Å². The van der Waals surface area contributed by atoms with Crippen LogP contribution in [0.3, 0.4) is 0 Å². The third-order valence-corrected chi connectivity index (χ3v) is 3.28. The van der Waals surface area contributed by atoms with Gasteiger partial charge in [0.15, 0.2) is 0 Å². The largest absolute Gasteiger partial charge is 0.495 e. The zero-order chi connectivity index (χ0) is 11.5. The Morgan fingerprint density at radius 2 is 2.00 bits per heavy atom. The molecule has 0 aliphatic carbocycles. The zero-order valence-electron chi connectivity index (χ0n) is 9.73. The molecule has 1 aromatic carbocycles. The first-order chi connectivity index (χ1) is 7.72. The molecule has 2 nitrogen and oxygen atoms in total. The van der Waals surface area contributed by atoms with Crippen LogP contribution in [0.4, 0.5) is 0 Å². The Kier molecular flexibility index (Phi) is 3.34. The van der Waals surface area contributed by atoms with Gasteiger partial charge in [-0.15, -0.1) is 11.8 Å². The van der Waals surface area contributed by atoms with Gasteiger partial charge in [-0.25, -0.2) is 0 Å². The second kappa shape index (κ2) is 4.74. The molecule has 0 saturated carbocycles. The number of para-hydroxylation sites is 1. The lowest BCUT2D eigenvalue weighted by molar-refractivity contribution is 0.409. The minimum atomic E-state index is 0.525. The number of benzene rings is 1. The van der Waals surface area contributed by atoms with E-state index in [1.807, 2.05) is 30.5 Å². The Labute approximate surface area is 100 Å². The fraction of sp³-hybridized carbons (Fsp3) is 0.308. The van der Waals surface area contributed by atoms with Gasteiger partial charge in [0.1, 0.15) is 5.75 Å². The van der Waals surface area contributed by atoms with E-state index >= 15 is 0 Å². The predicted octanol–water partition coefficient (Wildman–Crippen LogP) is 3.74. The molecule has 0 radical (unpaired) electrons. The van der Waals surface area contributed by atoms with Crippen molar-refractivity contribution >= 4 is 22.7 Å². The van der Waals surface area contributed by atoms with E-state index in [1.165, 1.54) is 0 Å². The molecule has 0 unspecified atom stereocenters. The van der Waals surface area contributed by atoms with Gasteiger partial charge in [-0.3, -0.25) is 4.98 Å². The molecule has 84 valence electrons. The molecule has 0 fully saturated rings. The van der Waals surface area contributed by atoms with Crippen molar-refractivity contribution in [3.8, 4) is 5.75 Å². The van der Waals surface area contributed by atoms with Gasteiger partial charge >= 0.3 is 0 Å². The van der Waals surface area contributed by atoms with Crippen LogP contribution in [-0.4, -0.2) is 17.3 Å². The molecule has 16 heavy (non-hydrogen) atoms. The summed E-state index contributed by atoms with van der Waals surface area (Å²) in [7, 11) is 1.71. The molecule has 1 aromatic heterocycles. The normalized spacial score (nSPS) is 11.0. The summed E-state index contributed by atoms with van der Waals surface area (Å²) in [4.78, 5) is 5.55. The van der Waals surface area contributed by atoms with E-state index in [4.69, 9.17) is 4.74 Å². The Morgan fingerprint density at radius 1 is 1.25 bits per heavy atom. The summed E-state index contributed by atoms with van der Waals surface area (Å²) >= 11 is 1.78. The molecule has 2 rings (SSSR count). The maximum atomic E-state index is 5.50. The average Bonchev–Trinajstić information content (AvgIpc) is 2.28. The maximum absolute atomic E-state index is 5.50. The molecule has 1 heterocycles. The Morgan fingerprint density at radius 3 is 2.69 bits per heavy atom. The van der Waals surface area contributed by atoms with Crippen molar-refractivity contribution in [3.05, 3.63) is 30.5 Å². The number of hydrogen-bond acceptors (Lipinski definition) is 3. The molecule has 0 spiro atoms. The van der Waals surface area contributed by atoms with Crippen LogP contribution in [0.1, 0.15) is 13.8 Å². The smallest absolute Gasteiger partial charge is 0.143 e. The SMILES string of the molecule is COc1c(SC(C)C)cnc2ccccc12. The van der Waals surface area contributed by atoms with Crippen molar-refractivity contribution in [1.29, 1.82) is 0 Å². The summed E-state index contributed by atoms with van der Waals surface area (Å²) in [6.45, 7) is 4.33. The monoisotopic (exact) mass is 233 g/mol. The molecule has 3 heteroatoms. The first-order valence-corrected chi connectivity index (χ1v) is 6.18. The van der Waals surface area contributed by atoms with Crippen LogP contribution >= 0.6 is 11.8 Å². The zero-order valence-corrected chi connectivity index (χ0v) is 10.5. The summed E-state index contributed by atoms with van der Waals surface area (Å²) in [6, 6.07) is 8.05. The highest BCUT2D eigenvalue weighted by atomic mass is 32.2. The lowest BCUT2D eigenvalue weighted by Crippen LogP contribution is -1.93. The third kappa shape index (κ3) is 2.14. The minimum absolute atomic E-state index is 0.525. The molecule has 0 atom stereocenters. The fourth-order valence-corrected chi connectivity index (χ4v) is 2.57. The summed E-state index contributed by atoms with van der Waals surface area (Å²) in [5.74, 6) is 0.935. The molecular weight excluding hydrogens is 218 g/mol. The molecule has 0 bridgehead atoms. The van der Waals surface area contributed by atoms with E-state index in [0.717, 1.165) is 21.5 Å². The van der Waals surface area contributed by atoms with E-state index in [0.29, 0.717) is 5.25 Å². The van der Waals surface area contributed by atoms with Gasteiger partial charge in [0, 0.05) is 16.8 Å².